The normalized spacial score (nSPS) is 18.7. The van der Waals surface area contributed by atoms with Crippen LogP contribution in [0.15, 0.2) is 0 Å². The Bertz CT molecular complexity index is 703. The maximum atomic E-state index is 12.9. The van der Waals surface area contributed by atoms with Crippen LogP contribution in [0, 0.1) is 5.92 Å². The summed E-state index contributed by atoms with van der Waals surface area (Å²) in [5, 5.41) is 23.2. The highest BCUT2D eigenvalue weighted by Gasteiger charge is 2.38. The van der Waals surface area contributed by atoms with Crippen molar-refractivity contribution in [3.05, 3.63) is 0 Å². The summed E-state index contributed by atoms with van der Waals surface area (Å²) in [7, 11) is 0. The minimum Gasteiger partial charge on any atom is -0.481 e. The summed E-state index contributed by atoms with van der Waals surface area (Å²) in [6.45, 7) is 3.60. The van der Waals surface area contributed by atoms with Gasteiger partial charge in [-0.1, -0.05) is 13.8 Å². The SMILES string of the molecule is CSCCC(N)C(=O)N1CCCC1C(=O)NC(CCC(=O)O)C(=O)NC(C(=O)O)C(C)C. The van der Waals surface area contributed by atoms with Crippen molar-refractivity contribution in [3.8, 4) is 0 Å². The number of carbonyl (C=O) groups excluding carboxylic acids is 3. The fourth-order valence-electron chi connectivity index (χ4n) is 3.46. The van der Waals surface area contributed by atoms with Gasteiger partial charge in [-0.05, 0) is 43.6 Å². The maximum Gasteiger partial charge on any atom is 0.326 e. The Labute approximate surface area is 191 Å². The van der Waals surface area contributed by atoms with Crippen molar-refractivity contribution in [2.75, 3.05) is 18.6 Å². The molecule has 12 heteroatoms. The van der Waals surface area contributed by atoms with Gasteiger partial charge in [0.05, 0.1) is 6.04 Å². The predicted octanol–water partition coefficient (Wildman–Crippen LogP) is -0.367. The standard InChI is InChI=1S/C20H34N4O7S/c1-11(2)16(20(30)31)23-17(27)13(6-7-15(25)26)22-18(28)14-5-4-9-24(14)19(29)12(21)8-10-32-3/h11-14,16H,4-10,21H2,1-3H3,(H,22,28)(H,23,27)(H,25,26)(H,30,31). The van der Waals surface area contributed by atoms with Gasteiger partial charge in [0, 0.05) is 13.0 Å². The zero-order valence-electron chi connectivity index (χ0n) is 18.7. The van der Waals surface area contributed by atoms with Gasteiger partial charge in [0.25, 0.3) is 0 Å². The maximum absolute atomic E-state index is 12.9. The number of hydrogen-bond acceptors (Lipinski definition) is 7. The number of nitrogens with one attached hydrogen (secondary N) is 2. The van der Waals surface area contributed by atoms with Crippen LogP contribution < -0.4 is 16.4 Å². The molecule has 0 radical (unpaired) electrons. The van der Waals surface area contributed by atoms with Crippen LogP contribution in [0.4, 0.5) is 0 Å². The summed E-state index contributed by atoms with van der Waals surface area (Å²) >= 11 is 1.56. The number of nitrogens with two attached hydrogens (primary N) is 1. The molecule has 6 N–H and O–H groups in total. The average molecular weight is 475 g/mol. The van der Waals surface area contributed by atoms with E-state index in [2.05, 4.69) is 10.6 Å². The molecule has 3 amide bonds. The summed E-state index contributed by atoms with van der Waals surface area (Å²) < 4.78 is 0. The van der Waals surface area contributed by atoms with Gasteiger partial charge in [-0.15, -0.1) is 0 Å². The Balaban J connectivity index is 2.92. The molecule has 0 aromatic rings. The Morgan fingerprint density at radius 3 is 2.31 bits per heavy atom. The first kappa shape index (κ1) is 27.7. The molecule has 0 saturated carbocycles. The molecular formula is C20H34N4O7S. The Kier molecular flexibility index (Phi) is 11.5. The molecule has 1 fully saturated rings. The van der Waals surface area contributed by atoms with E-state index in [1.54, 1.807) is 25.6 Å². The van der Waals surface area contributed by atoms with Gasteiger partial charge in [-0.3, -0.25) is 19.2 Å². The van der Waals surface area contributed by atoms with E-state index in [0.29, 0.717) is 31.6 Å². The van der Waals surface area contributed by atoms with Gasteiger partial charge < -0.3 is 31.5 Å². The van der Waals surface area contributed by atoms with Gasteiger partial charge in [0.1, 0.15) is 18.1 Å². The highest BCUT2D eigenvalue weighted by atomic mass is 32.2. The smallest absolute Gasteiger partial charge is 0.326 e. The first-order valence-electron chi connectivity index (χ1n) is 10.6. The third-order valence-electron chi connectivity index (χ3n) is 5.30. The van der Waals surface area contributed by atoms with E-state index < -0.39 is 60.3 Å². The summed E-state index contributed by atoms with van der Waals surface area (Å²) in [4.78, 5) is 62.1. The van der Waals surface area contributed by atoms with Gasteiger partial charge >= 0.3 is 11.9 Å². The van der Waals surface area contributed by atoms with Crippen molar-refractivity contribution in [2.45, 2.75) is 70.1 Å². The first-order valence-corrected chi connectivity index (χ1v) is 12.0. The van der Waals surface area contributed by atoms with E-state index >= 15 is 0 Å². The zero-order chi connectivity index (χ0) is 24.4. The second-order valence-electron chi connectivity index (χ2n) is 8.14. The van der Waals surface area contributed by atoms with E-state index in [0.717, 1.165) is 0 Å². The van der Waals surface area contributed by atoms with Crippen molar-refractivity contribution in [1.29, 1.82) is 0 Å². The van der Waals surface area contributed by atoms with Crippen LogP contribution in [0.1, 0.15) is 46.0 Å². The lowest BCUT2D eigenvalue weighted by Gasteiger charge is -2.29. The fraction of sp³-hybridized carbons (Fsp3) is 0.750. The van der Waals surface area contributed by atoms with Crippen LogP contribution in [-0.4, -0.2) is 87.5 Å². The third-order valence-corrected chi connectivity index (χ3v) is 5.94. The highest BCUT2D eigenvalue weighted by Crippen LogP contribution is 2.20. The largest absolute Gasteiger partial charge is 0.481 e. The molecule has 0 aromatic carbocycles. The number of carboxylic acids is 2. The third kappa shape index (κ3) is 8.30. The lowest BCUT2D eigenvalue weighted by molar-refractivity contribution is -0.144. The Hall–Kier alpha value is -2.34. The molecule has 4 unspecified atom stereocenters. The molecule has 0 spiro atoms. The quantitative estimate of drug-likeness (QED) is 0.238. The van der Waals surface area contributed by atoms with Gasteiger partial charge in [-0.25, -0.2) is 4.79 Å². The fourth-order valence-corrected chi connectivity index (χ4v) is 3.95. The van der Waals surface area contributed by atoms with Crippen LogP contribution in [-0.2, 0) is 24.0 Å². The summed E-state index contributed by atoms with van der Waals surface area (Å²) in [5.74, 6) is -3.82. The van der Waals surface area contributed by atoms with E-state index in [1.807, 2.05) is 6.26 Å². The number of carboxylic acid groups (broad SMARTS) is 2. The molecule has 4 atom stereocenters. The number of likely N-dealkylation sites (tertiary alicyclic amines) is 1. The molecule has 1 aliphatic rings. The van der Waals surface area contributed by atoms with Gasteiger partial charge in [-0.2, -0.15) is 11.8 Å². The molecule has 182 valence electrons. The average Bonchev–Trinajstić information content (AvgIpc) is 3.21. The number of aliphatic carboxylic acids is 2. The molecule has 0 aromatic heterocycles. The number of nitrogens with zero attached hydrogens (tertiary/aromatic N) is 1. The highest BCUT2D eigenvalue weighted by molar-refractivity contribution is 7.98. The summed E-state index contributed by atoms with van der Waals surface area (Å²) in [5.41, 5.74) is 5.97. The van der Waals surface area contributed by atoms with Crippen LogP contribution in [0.3, 0.4) is 0 Å². The van der Waals surface area contributed by atoms with Crippen molar-refractivity contribution in [1.82, 2.24) is 15.5 Å². The van der Waals surface area contributed by atoms with Crippen LogP contribution in [0.5, 0.6) is 0 Å². The second-order valence-corrected chi connectivity index (χ2v) is 9.13. The lowest BCUT2D eigenvalue weighted by Crippen LogP contribution is -2.57. The van der Waals surface area contributed by atoms with Crippen LogP contribution >= 0.6 is 11.8 Å². The molecule has 1 saturated heterocycles. The molecular weight excluding hydrogens is 440 g/mol. The van der Waals surface area contributed by atoms with Crippen LogP contribution in [0.2, 0.25) is 0 Å². The minimum absolute atomic E-state index is 0.217. The number of hydrogen-bond donors (Lipinski definition) is 5. The summed E-state index contributed by atoms with van der Waals surface area (Å²) in [6, 6.07) is -3.99. The van der Waals surface area contributed by atoms with Crippen molar-refractivity contribution >= 4 is 41.4 Å². The Morgan fingerprint density at radius 2 is 1.78 bits per heavy atom. The second kappa shape index (κ2) is 13.3. The first-order chi connectivity index (χ1) is 15.0. The molecule has 1 rings (SSSR count). The molecule has 32 heavy (non-hydrogen) atoms. The van der Waals surface area contributed by atoms with E-state index in [9.17, 15) is 29.1 Å². The van der Waals surface area contributed by atoms with E-state index in [4.69, 9.17) is 10.8 Å². The number of rotatable bonds is 13. The zero-order valence-corrected chi connectivity index (χ0v) is 19.5. The van der Waals surface area contributed by atoms with Gasteiger partial charge in [0.2, 0.25) is 17.7 Å². The summed E-state index contributed by atoms with van der Waals surface area (Å²) in [6.07, 6.45) is 2.75. The van der Waals surface area contributed by atoms with Crippen molar-refractivity contribution < 1.29 is 34.2 Å². The topological polar surface area (TPSA) is 179 Å². The molecule has 0 bridgehead atoms. The molecule has 11 nitrogen and oxygen atoms in total. The minimum atomic E-state index is -1.25. The van der Waals surface area contributed by atoms with Gasteiger partial charge in [0.15, 0.2) is 0 Å². The number of amides is 3. The van der Waals surface area contributed by atoms with E-state index in [-0.39, 0.29) is 12.3 Å². The molecule has 0 aliphatic carbocycles. The number of thioether (sulfide) groups is 1. The molecule has 1 aliphatic heterocycles. The van der Waals surface area contributed by atoms with E-state index in [1.165, 1.54) is 4.90 Å². The van der Waals surface area contributed by atoms with Crippen LogP contribution in [0.25, 0.3) is 0 Å². The predicted molar refractivity (Wildman–Crippen MR) is 119 cm³/mol. The molecule has 1 heterocycles. The lowest BCUT2D eigenvalue weighted by atomic mass is 10.0. The number of carbonyl (C=O) groups is 5. The monoisotopic (exact) mass is 474 g/mol. The Morgan fingerprint density at radius 1 is 1.12 bits per heavy atom. The van der Waals surface area contributed by atoms with Crippen molar-refractivity contribution in [2.24, 2.45) is 11.7 Å². The van der Waals surface area contributed by atoms with Crippen molar-refractivity contribution in [3.63, 3.8) is 0 Å².